The van der Waals surface area contributed by atoms with Gasteiger partial charge in [-0.15, -0.1) is 0 Å². The maximum atomic E-state index is 6.01. The number of nitrogens with two attached hydrogens (primary N) is 1. The predicted octanol–water partition coefficient (Wildman–Crippen LogP) is 12.1. The maximum Gasteiger partial charge on any atom is 0.0619 e. The van der Waals surface area contributed by atoms with E-state index in [9.17, 15) is 0 Å². The Balaban J connectivity index is 1.22. The smallest absolute Gasteiger partial charge is 0.0619 e. The molecule has 0 aliphatic rings. The Morgan fingerprint density at radius 1 is 0.479 bits per heavy atom. The van der Waals surface area contributed by atoms with Gasteiger partial charge in [-0.05, 0) is 79.2 Å². The van der Waals surface area contributed by atoms with Crippen molar-refractivity contribution in [1.82, 2.24) is 4.57 Å². The Hall–Kier alpha value is -6.38. The van der Waals surface area contributed by atoms with Crippen LogP contribution >= 0.6 is 0 Å². The van der Waals surface area contributed by atoms with Gasteiger partial charge in [0, 0.05) is 27.7 Å². The highest BCUT2D eigenvalue weighted by molar-refractivity contribution is 6.20. The van der Waals surface area contributed by atoms with E-state index in [1.165, 1.54) is 70.9 Å². The second-order valence-corrected chi connectivity index (χ2v) is 12.4. The number of hydrogen-bond donors (Lipinski definition) is 1. The number of rotatable bonds is 5. The quantitative estimate of drug-likeness (QED) is 0.193. The van der Waals surface area contributed by atoms with Crippen LogP contribution in [0.4, 0.5) is 0 Å². The summed E-state index contributed by atoms with van der Waals surface area (Å²) in [6.07, 6.45) is 3.45. The lowest BCUT2D eigenvalue weighted by molar-refractivity contribution is 1.20. The predicted molar refractivity (Wildman–Crippen MR) is 207 cm³/mol. The third-order valence-electron chi connectivity index (χ3n) is 9.79. The molecule has 2 N–H and O–H groups in total. The van der Waals surface area contributed by atoms with E-state index >= 15 is 0 Å². The first-order valence-corrected chi connectivity index (χ1v) is 16.3. The summed E-state index contributed by atoms with van der Waals surface area (Å²) in [6.45, 7) is 4.00. The van der Waals surface area contributed by atoms with Crippen molar-refractivity contribution in [2.75, 3.05) is 0 Å². The van der Waals surface area contributed by atoms with Crippen LogP contribution in [0.1, 0.15) is 5.56 Å². The number of allylic oxidation sites excluding steroid dienone is 2. The van der Waals surface area contributed by atoms with Crippen molar-refractivity contribution in [3.8, 4) is 27.9 Å². The highest BCUT2D eigenvalue weighted by Gasteiger charge is 2.18. The van der Waals surface area contributed by atoms with Gasteiger partial charge < -0.3 is 10.3 Å². The number of aromatic nitrogens is 1. The molecule has 0 aliphatic heterocycles. The Bertz CT molecular complexity index is 2740. The average molecular weight is 613 g/mol. The van der Waals surface area contributed by atoms with Crippen molar-refractivity contribution in [3.05, 3.63) is 182 Å². The van der Waals surface area contributed by atoms with Crippen LogP contribution in [-0.2, 0) is 0 Å². The summed E-state index contributed by atoms with van der Waals surface area (Å²) in [7, 11) is 0. The van der Waals surface area contributed by atoms with Gasteiger partial charge in [-0.25, -0.2) is 0 Å². The highest BCUT2D eigenvalue weighted by atomic mass is 15.0. The van der Waals surface area contributed by atoms with E-state index < -0.39 is 0 Å². The molecule has 0 radical (unpaired) electrons. The molecule has 1 heterocycles. The van der Waals surface area contributed by atoms with Crippen molar-refractivity contribution in [1.29, 1.82) is 0 Å². The first kappa shape index (κ1) is 27.9. The lowest BCUT2D eigenvalue weighted by Crippen LogP contribution is -1.97. The SMILES string of the molecule is C=C/C(=C\N)c1ccc2c3ccc4cc(-c5ccc(-c6ccc7ccccc7c6)cc5)ccc4c3n(-c3cccc4ccccc34)c2c1. The zero-order chi connectivity index (χ0) is 32.2. The number of nitrogens with zero attached hydrogens (tertiary/aromatic N) is 1. The Morgan fingerprint density at radius 3 is 1.85 bits per heavy atom. The minimum atomic E-state index is 0.910. The molecule has 0 fully saturated rings. The molecule has 9 rings (SSSR count). The van der Waals surface area contributed by atoms with Crippen molar-refractivity contribution in [2.45, 2.75) is 0 Å². The third kappa shape index (κ3) is 4.42. The van der Waals surface area contributed by atoms with Gasteiger partial charge in [-0.3, -0.25) is 0 Å². The van der Waals surface area contributed by atoms with Crippen molar-refractivity contribution >= 4 is 59.7 Å². The van der Waals surface area contributed by atoms with Gasteiger partial charge in [-0.1, -0.05) is 146 Å². The van der Waals surface area contributed by atoms with Crippen LogP contribution in [0.15, 0.2) is 177 Å². The summed E-state index contributed by atoms with van der Waals surface area (Å²) >= 11 is 0. The molecule has 2 nitrogen and oxygen atoms in total. The summed E-state index contributed by atoms with van der Waals surface area (Å²) in [5, 5.41) is 9.79. The van der Waals surface area contributed by atoms with E-state index in [1.807, 2.05) is 6.08 Å². The van der Waals surface area contributed by atoms with Crippen LogP contribution in [0.25, 0.3) is 87.6 Å². The molecular formula is C46H32N2. The first-order chi connectivity index (χ1) is 23.7. The molecule has 2 heteroatoms. The molecule has 8 aromatic carbocycles. The van der Waals surface area contributed by atoms with Crippen molar-refractivity contribution < 1.29 is 0 Å². The Labute approximate surface area is 279 Å². The number of fused-ring (bicyclic) bond motifs is 7. The molecular weight excluding hydrogens is 581 g/mol. The van der Waals surface area contributed by atoms with Gasteiger partial charge >= 0.3 is 0 Å². The third-order valence-corrected chi connectivity index (χ3v) is 9.79. The van der Waals surface area contributed by atoms with Crippen LogP contribution in [0, 0.1) is 0 Å². The molecule has 9 aromatic rings. The molecule has 226 valence electrons. The molecule has 0 bridgehead atoms. The molecule has 0 unspecified atom stereocenters. The van der Waals surface area contributed by atoms with E-state index in [2.05, 4.69) is 169 Å². The van der Waals surface area contributed by atoms with Crippen LogP contribution in [0.5, 0.6) is 0 Å². The normalized spacial score (nSPS) is 12.0. The second-order valence-electron chi connectivity index (χ2n) is 12.4. The highest BCUT2D eigenvalue weighted by Crippen LogP contribution is 2.40. The van der Waals surface area contributed by atoms with E-state index in [0.29, 0.717) is 0 Å². The lowest BCUT2D eigenvalue weighted by Gasteiger charge is -2.14. The summed E-state index contributed by atoms with van der Waals surface area (Å²) in [6, 6.07) is 57.3. The second kappa shape index (κ2) is 11.2. The number of hydrogen-bond acceptors (Lipinski definition) is 1. The monoisotopic (exact) mass is 612 g/mol. The molecule has 0 saturated heterocycles. The van der Waals surface area contributed by atoms with E-state index in [4.69, 9.17) is 5.73 Å². The van der Waals surface area contributed by atoms with Gasteiger partial charge in [-0.2, -0.15) is 0 Å². The zero-order valence-electron chi connectivity index (χ0n) is 26.4. The lowest BCUT2D eigenvalue weighted by atomic mass is 9.96. The van der Waals surface area contributed by atoms with E-state index in [0.717, 1.165) is 22.3 Å². The molecule has 0 saturated carbocycles. The van der Waals surface area contributed by atoms with Crippen LogP contribution in [0.3, 0.4) is 0 Å². The topological polar surface area (TPSA) is 30.9 Å². The van der Waals surface area contributed by atoms with E-state index in [1.54, 1.807) is 6.20 Å². The largest absolute Gasteiger partial charge is 0.404 e. The summed E-state index contributed by atoms with van der Waals surface area (Å²) in [5.41, 5.74) is 16.3. The van der Waals surface area contributed by atoms with Crippen molar-refractivity contribution in [2.24, 2.45) is 5.73 Å². The molecule has 0 spiro atoms. The minimum Gasteiger partial charge on any atom is -0.404 e. The van der Waals surface area contributed by atoms with Gasteiger partial charge in [0.1, 0.15) is 0 Å². The molecule has 1 aromatic heterocycles. The number of benzene rings is 8. The summed E-state index contributed by atoms with van der Waals surface area (Å²) in [4.78, 5) is 0. The summed E-state index contributed by atoms with van der Waals surface area (Å²) < 4.78 is 2.44. The molecule has 0 atom stereocenters. The van der Waals surface area contributed by atoms with Gasteiger partial charge in [0.25, 0.3) is 0 Å². The van der Waals surface area contributed by atoms with Gasteiger partial charge in [0.05, 0.1) is 16.7 Å². The molecule has 0 amide bonds. The van der Waals surface area contributed by atoms with Crippen LogP contribution in [0.2, 0.25) is 0 Å². The molecule has 0 aliphatic carbocycles. The van der Waals surface area contributed by atoms with E-state index in [-0.39, 0.29) is 0 Å². The Morgan fingerprint density at radius 2 is 1.08 bits per heavy atom. The Kier molecular flexibility index (Phi) is 6.48. The fourth-order valence-electron chi connectivity index (χ4n) is 7.36. The van der Waals surface area contributed by atoms with Crippen LogP contribution in [-0.4, -0.2) is 4.57 Å². The minimum absolute atomic E-state index is 0.910. The van der Waals surface area contributed by atoms with Gasteiger partial charge in [0.15, 0.2) is 0 Å². The van der Waals surface area contributed by atoms with Gasteiger partial charge in [0.2, 0.25) is 0 Å². The van der Waals surface area contributed by atoms with Crippen molar-refractivity contribution in [3.63, 3.8) is 0 Å². The summed E-state index contributed by atoms with van der Waals surface area (Å²) in [5.74, 6) is 0. The fraction of sp³-hybridized carbons (Fsp3) is 0. The standard InChI is InChI=1S/C46H32N2/c1-2-30(29-47)38-21-24-42-43-25-22-39-27-37(33-16-14-32(15-17-33)36-19-18-31-8-3-4-10-35(31)26-36)20-23-41(39)46(43)48(45(42)28-38)44-13-7-11-34-9-5-6-12-40(34)44/h2-29H,1,47H2/b30-29+. The zero-order valence-corrected chi connectivity index (χ0v) is 26.4. The maximum absolute atomic E-state index is 6.01. The average Bonchev–Trinajstić information content (AvgIpc) is 3.48. The fourth-order valence-corrected chi connectivity index (χ4v) is 7.36. The molecule has 48 heavy (non-hydrogen) atoms. The van der Waals surface area contributed by atoms with Crippen LogP contribution < -0.4 is 5.73 Å². The first-order valence-electron chi connectivity index (χ1n) is 16.3.